The monoisotopic (exact) mass is 376 g/mol. The van der Waals surface area contributed by atoms with Crippen molar-refractivity contribution in [2.45, 2.75) is 45.1 Å². The Labute approximate surface area is 161 Å². The van der Waals surface area contributed by atoms with E-state index in [0.29, 0.717) is 38.1 Å². The van der Waals surface area contributed by atoms with Crippen LogP contribution in [0.1, 0.15) is 39.0 Å². The summed E-state index contributed by atoms with van der Waals surface area (Å²) in [5.74, 6) is 2.39. The molecule has 2 rings (SSSR count). The molecule has 0 atom stereocenters. The van der Waals surface area contributed by atoms with Crippen LogP contribution in [0.4, 0.5) is 0 Å². The quantitative estimate of drug-likeness (QED) is 0.331. The van der Waals surface area contributed by atoms with Crippen molar-refractivity contribution < 1.29 is 14.3 Å². The molecule has 1 fully saturated rings. The summed E-state index contributed by atoms with van der Waals surface area (Å²) in [7, 11) is 1.64. The van der Waals surface area contributed by atoms with Crippen molar-refractivity contribution >= 4 is 11.9 Å². The summed E-state index contributed by atoms with van der Waals surface area (Å²) < 4.78 is 10.8. The van der Waals surface area contributed by atoms with E-state index in [-0.39, 0.29) is 5.91 Å². The van der Waals surface area contributed by atoms with E-state index >= 15 is 0 Å². The highest BCUT2D eigenvalue weighted by Gasteiger charge is 2.16. The van der Waals surface area contributed by atoms with E-state index in [4.69, 9.17) is 9.47 Å². The Balaban J connectivity index is 1.65. The summed E-state index contributed by atoms with van der Waals surface area (Å²) in [6.07, 6.45) is 5.06. The zero-order chi connectivity index (χ0) is 19.3. The Morgan fingerprint density at radius 1 is 1.15 bits per heavy atom. The van der Waals surface area contributed by atoms with Gasteiger partial charge in [0.1, 0.15) is 18.1 Å². The molecule has 150 valence electrons. The summed E-state index contributed by atoms with van der Waals surface area (Å²) in [6, 6.07) is 7.85. The van der Waals surface area contributed by atoms with E-state index in [1.807, 2.05) is 31.2 Å². The number of carbonyl (C=O) groups is 1. The fraction of sp³-hybridized carbons (Fsp3) is 0.600. The van der Waals surface area contributed by atoms with Gasteiger partial charge in [-0.25, -0.2) is 0 Å². The van der Waals surface area contributed by atoms with E-state index < -0.39 is 0 Å². The van der Waals surface area contributed by atoms with Gasteiger partial charge in [-0.2, -0.15) is 0 Å². The lowest BCUT2D eigenvalue weighted by atomic mass is 10.2. The molecule has 27 heavy (non-hydrogen) atoms. The van der Waals surface area contributed by atoms with Gasteiger partial charge in [-0.15, -0.1) is 0 Å². The molecule has 1 amide bonds. The number of guanidine groups is 1. The van der Waals surface area contributed by atoms with Crippen LogP contribution >= 0.6 is 0 Å². The molecule has 1 saturated carbocycles. The maximum Gasteiger partial charge on any atom is 0.222 e. The zero-order valence-electron chi connectivity index (χ0n) is 16.4. The van der Waals surface area contributed by atoms with Crippen molar-refractivity contribution in [2.24, 2.45) is 4.99 Å². The van der Waals surface area contributed by atoms with Gasteiger partial charge in [-0.3, -0.25) is 9.79 Å². The smallest absolute Gasteiger partial charge is 0.222 e. The first-order chi connectivity index (χ1) is 13.2. The molecule has 0 saturated heterocycles. The maximum absolute atomic E-state index is 12.0. The van der Waals surface area contributed by atoms with Crippen LogP contribution in [0.3, 0.4) is 0 Å². The summed E-state index contributed by atoms with van der Waals surface area (Å²) in [5.41, 5.74) is 0. The Kier molecular flexibility index (Phi) is 9.30. The second kappa shape index (κ2) is 12.0. The topological polar surface area (TPSA) is 84.0 Å². The maximum atomic E-state index is 12.0. The molecule has 1 aliphatic carbocycles. The van der Waals surface area contributed by atoms with Crippen LogP contribution < -0.4 is 25.4 Å². The number of amides is 1. The van der Waals surface area contributed by atoms with Gasteiger partial charge in [-0.1, -0.05) is 12.8 Å². The molecular formula is C20H32N4O3. The number of ether oxygens (including phenoxy) is 2. The largest absolute Gasteiger partial charge is 0.497 e. The predicted molar refractivity (Wildman–Crippen MR) is 107 cm³/mol. The number of hydrogen-bond donors (Lipinski definition) is 3. The molecule has 1 aromatic carbocycles. The molecule has 0 heterocycles. The first kappa shape index (κ1) is 20.9. The summed E-state index contributed by atoms with van der Waals surface area (Å²) in [6.45, 7) is 4.37. The van der Waals surface area contributed by atoms with Crippen LogP contribution in [-0.2, 0) is 4.79 Å². The molecule has 1 aromatic rings. The van der Waals surface area contributed by atoms with Crippen LogP contribution in [0.25, 0.3) is 0 Å². The lowest BCUT2D eigenvalue weighted by molar-refractivity contribution is -0.121. The Hall–Kier alpha value is -2.44. The van der Waals surface area contributed by atoms with Crippen LogP contribution in [0.2, 0.25) is 0 Å². The molecule has 7 heteroatoms. The molecule has 0 aromatic heterocycles. The van der Waals surface area contributed by atoms with Crippen molar-refractivity contribution in [1.82, 2.24) is 16.0 Å². The van der Waals surface area contributed by atoms with Gasteiger partial charge in [0.25, 0.3) is 0 Å². The van der Waals surface area contributed by atoms with Gasteiger partial charge in [0.2, 0.25) is 5.91 Å². The third-order valence-electron chi connectivity index (χ3n) is 4.40. The highest BCUT2D eigenvalue weighted by Crippen LogP contribution is 2.17. The highest BCUT2D eigenvalue weighted by molar-refractivity contribution is 5.80. The van der Waals surface area contributed by atoms with E-state index in [1.54, 1.807) is 7.11 Å². The van der Waals surface area contributed by atoms with Crippen molar-refractivity contribution in [3.05, 3.63) is 24.3 Å². The van der Waals surface area contributed by atoms with Gasteiger partial charge < -0.3 is 25.4 Å². The molecule has 0 spiro atoms. The van der Waals surface area contributed by atoms with Crippen molar-refractivity contribution in [1.29, 1.82) is 0 Å². The second-order valence-electron chi connectivity index (χ2n) is 6.51. The first-order valence-corrected chi connectivity index (χ1v) is 9.79. The number of nitrogens with one attached hydrogen (secondary N) is 3. The molecule has 7 nitrogen and oxygen atoms in total. The normalized spacial score (nSPS) is 14.7. The lowest BCUT2D eigenvalue weighted by Gasteiger charge is -2.13. The van der Waals surface area contributed by atoms with Crippen LogP contribution in [0.5, 0.6) is 11.5 Å². The fourth-order valence-corrected chi connectivity index (χ4v) is 2.99. The number of rotatable bonds is 10. The number of nitrogens with zero attached hydrogens (tertiary/aromatic N) is 1. The van der Waals surface area contributed by atoms with E-state index in [0.717, 1.165) is 30.9 Å². The molecule has 0 bridgehead atoms. The summed E-state index contributed by atoms with van der Waals surface area (Å²) in [4.78, 5) is 16.4. The molecule has 1 aliphatic rings. The van der Waals surface area contributed by atoms with Gasteiger partial charge >= 0.3 is 0 Å². The number of aliphatic imine (C=N–C) groups is 1. The van der Waals surface area contributed by atoms with Crippen LogP contribution in [0.15, 0.2) is 29.3 Å². The molecule has 0 unspecified atom stereocenters. The van der Waals surface area contributed by atoms with Crippen LogP contribution in [-0.4, -0.2) is 51.3 Å². The minimum Gasteiger partial charge on any atom is -0.497 e. The number of hydrogen-bond acceptors (Lipinski definition) is 4. The van der Waals surface area contributed by atoms with Crippen molar-refractivity contribution in [3.63, 3.8) is 0 Å². The van der Waals surface area contributed by atoms with Gasteiger partial charge in [-0.05, 0) is 44.0 Å². The Morgan fingerprint density at radius 3 is 2.52 bits per heavy atom. The number of methoxy groups -OCH3 is 1. The summed E-state index contributed by atoms with van der Waals surface area (Å²) >= 11 is 0. The SMILES string of the molecule is CCNC(=NCCC(=O)NC1CCCC1)NCCOc1ccc(OC)cc1. The van der Waals surface area contributed by atoms with Gasteiger partial charge in [0.05, 0.1) is 20.2 Å². The predicted octanol–water partition coefficient (Wildman–Crippen LogP) is 2.08. The zero-order valence-corrected chi connectivity index (χ0v) is 16.4. The molecule has 0 radical (unpaired) electrons. The first-order valence-electron chi connectivity index (χ1n) is 9.79. The van der Waals surface area contributed by atoms with Gasteiger partial charge in [0.15, 0.2) is 5.96 Å². The second-order valence-corrected chi connectivity index (χ2v) is 6.51. The number of benzene rings is 1. The van der Waals surface area contributed by atoms with E-state index in [9.17, 15) is 4.79 Å². The Morgan fingerprint density at radius 2 is 1.85 bits per heavy atom. The van der Waals surface area contributed by atoms with Crippen LogP contribution in [0, 0.1) is 0 Å². The number of carbonyl (C=O) groups excluding carboxylic acids is 1. The Bertz CT molecular complexity index is 583. The van der Waals surface area contributed by atoms with E-state index in [2.05, 4.69) is 20.9 Å². The standard InChI is InChI=1S/C20H32N4O3/c1-3-21-20(22-13-12-19(25)24-16-6-4-5-7-16)23-14-15-27-18-10-8-17(26-2)9-11-18/h8-11,16H,3-7,12-15H2,1-2H3,(H,24,25)(H2,21,22,23). The lowest BCUT2D eigenvalue weighted by Crippen LogP contribution is -2.39. The van der Waals surface area contributed by atoms with Gasteiger partial charge in [0, 0.05) is 19.0 Å². The van der Waals surface area contributed by atoms with Crippen molar-refractivity contribution in [2.75, 3.05) is 33.4 Å². The summed E-state index contributed by atoms with van der Waals surface area (Å²) in [5, 5.41) is 9.48. The average molecular weight is 377 g/mol. The average Bonchev–Trinajstić information content (AvgIpc) is 3.18. The van der Waals surface area contributed by atoms with E-state index in [1.165, 1.54) is 12.8 Å². The van der Waals surface area contributed by atoms with Crippen molar-refractivity contribution in [3.8, 4) is 11.5 Å². The minimum atomic E-state index is 0.0873. The third-order valence-corrected chi connectivity index (χ3v) is 4.40. The minimum absolute atomic E-state index is 0.0873. The third kappa shape index (κ3) is 8.19. The molecule has 3 N–H and O–H groups in total. The molecule has 0 aliphatic heterocycles. The highest BCUT2D eigenvalue weighted by atomic mass is 16.5. The fourth-order valence-electron chi connectivity index (χ4n) is 2.99. The molecular weight excluding hydrogens is 344 g/mol.